The van der Waals surface area contributed by atoms with Gasteiger partial charge in [-0.05, 0) is 42.8 Å². The summed E-state index contributed by atoms with van der Waals surface area (Å²) in [6.07, 6.45) is 4.09. The molecule has 0 aliphatic carbocycles. The van der Waals surface area contributed by atoms with Crippen LogP contribution in [0.2, 0.25) is 0 Å². The van der Waals surface area contributed by atoms with Gasteiger partial charge in [-0.1, -0.05) is 23.5 Å². The summed E-state index contributed by atoms with van der Waals surface area (Å²) in [7, 11) is 0. The van der Waals surface area contributed by atoms with Crippen LogP contribution in [0.4, 0.5) is 16.6 Å². The van der Waals surface area contributed by atoms with E-state index in [1.165, 1.54) is 0 Å². The number of ether oxygens (including phenoxy) is 1. The van der Waals surface area contributed by atoms with Crippen molar-refractivity contribution < 1.29 is 4.74 Å². The van der Waals surface area contributed by atoms with E-state index < -0.39 is 0 Å². The van der Waals surface area contributed by atoms with Gasteiger partial charge in [0.15, 0.2) is 10.9 Å². The van der Waals surface area contributed by atoms with Gasteiger partial charge in [0.25, 0.3) is 5.88 Å². The van der Waals surface area contributed by atoms with E-state index in [0.717, 1.165) is 34.0 Å². The van der Waals surface area contributed by atoms with E-state index in [1.807, 2.05) is 42.5 Å². The lowest BCUT2D eigenvalue weighted by molar-refractivity contribution is 0.460. The fourth-order valence-electron chi connectivity index (χ4n) is 3.43. The number of benzene rings is 2. The molecule has 1 aliphatic rings. The molecule has 1 fully saturated rings. The molecule has 0 bridgehead atoms. The monoisotopic (exact) mass is 414 g/mol. The Bertz CT molecular complexity index is 1180. The Morgan fingerprint density at radius 2 is 1.93 bits per heavy atom. The van der Waals surface area contributed by atoms with Crippen molar-refractivity contribution in [1.29, 1.82) is 5.26 Å². The fraction of sp³-hybridized carbons (Fsp3) is 0.182. The maximum absolute atomic E-state index is 9.15. The molecule has 30 heavy (non-hydrogen) atoms. The second-order valence-corrected chi connectivity index (χ2v) is 8.01. The highest BCUT2D eigenvalue weighted by molar-refractivity contribution is 7.22. The first kappa shape index (κ1) is 18.3. The summed E-state index contributed by atoms with van der Waals surface area (Å²) in [5.74, 6) is 1.81. The predicted molar refractivity (Wildman–Crippen MR) is 117 cm³/mol. The van der Waals surface area contributed by atoms with Gasteiger partial charge in [0, 0.05) is 31.2 Å². The van der Waals surface area contributed by atoms with Gasteiger partial charge in [-0.3, -0.25) is 0 Å². The van der Waals surface area contributed by atoms with Gasteiger partial charge in [0.1, 0.15) is 5.75 Å². The number of para-hydroxylation sites is 1. The number of rotatable bonds is 5. The highest BCUT2D eigenvalue weighted by atomic mass is 32.1. The number of nitrogens with zero attached hydrogens (tertiary/aromatic N) is 5. The number of anilines is 3. The molecule has 0 saturated carbocycles. The Kier molecular flexibility index (Phi) is 4.87. The lowest BCUT2D eigenvalue weighted by Crippen LogP contribution is -2.21. The smallest absolute Gasteiger partial charge is 0.263 e. The standard InChI is InChI=1S/C22H18N6OS/c23-13-15-9-12-28(14-15)20-21(25-11-10-24-20)29-17-7-5-16(6-8-17)26-22-27-18-3-1-2-4-19(18)30-22/h1-8,10-11,15H,9,12,14H2,(H,26,27)/t15-/m1/s1. The van der Waals surface area contributed by atoms with Crippen LogP contribution in [0, 0.1) is 17.2 Å². The number of thiazole rings is 1. The zero-order valence-corrected chi connectivity index (χ0v) is 16.8. The minimum atomic E-state index is 0.0210. The number of hydrogen-bond acceptors (Lipinski definition) is 8. The van der Waals surface area contributed by atoms with Crippen molar-refractivity contribution in [2.24, 2.45) is 5.92 Å². The molecule has 4 aromatic rings. The van der Waals surface area contributed by atoms with Crippen LogP contribution in [0.5, 0.6) is 11.6 Å². The largest absolute Gasteiger partial charge is 0.436 e. The van der Waals surface area contributed by atoms with E-state index in [-0.39, 0.29) is 5.92 Å². The average molecular weight is 414 g/mol. The molecule has 1 aliphatic heterocycles. The second kappa shape index (κ2) is 7.97. The Hall–Kier alpha value is -3.70. The van der Waals surface area contributed by atoms with Crippen LogP contribution in [0.3, 0.4) is 0 Å². The Morgan fingerprint density at radius 1 is 1.10 bits per heavy atom. The van der Waals surface area contributed by atoms with E-state index in [4.69, 9.17) is 10.00 Å². The van der Waals surface area contributed by atoms with Crippen molar-refractivity contribution in [3.63, 3.8) is 0 Å². The van der Waals surface area contributed by atoms with Crippen LogP contribution in [0.1, 0.15) is 6.42 Å². The van der Waals surface area contributed by atoms with Crippen LogP contribution < -0.4 is 15.0 Å². The molecule has 8 heteroatoms. The molecule has 2 aromatic heterocycles. The van der Waals surface area contributed by atoms with Gasteiger partial charge in [0.05, 0.1) is 22.2 Å². The average Bonchev–Trinajstić information content (AvgIpc) is 3.42. The molecule has 1 N–H and O–H groups in total. The molecule has 0 amide bonds. The molecule has 5 rings (SSSR count). The highest BCUT2D eigenvalue weighted by Crippen LogP contribution is 2.33. The van der Waals surface area contributed by atoms with E-state index in [1.54, 1.807) is 23.7 Å². The van der Waals surface area contributed by atoms with Crippen molar-refractivity contribution in [3.8, 4) is 17.7 Å². The third-order valence-corrected chi connectivity index (χ3v) is 5.88. The van der Waals surface area contributed by atoms with Crippen molar-refractivity contribution in [1.82, 2.24) is 15.0 Å². The molecule has 1 atom stereocenters. The molecular weight excluding hydrogens is 396 g/mol. The lowest BCUT2D eigenvalue weighted by atomic mass is 10.1. The number of fused-ring (bicyclic) bond motifs is 1. The molecule has 1 saturated heterocycles. The quantitative estimate of drug-likeness (QED) is 0.493. The number of hydrogen-bond donors (Lipinski definition) is 1. The Balaban J connectivity index is 1.30. The maximum Gasteiger partial charge on any atom is 0.263 e. The number of aromatic nitrogens is 3. The molecule has 7 nitrogen and oxygen atoms in total. The number of nitriles is 1. The summed E-state index contributed by atoms with van der Waals surface area (Å²) in [5.41, 5.74) is 1.91. The first-order chi connectivity index (χ1) is 14.8. The van der Waals surface area contributed by atoms with Crippen LogP contribution in [-0.4, -0.2) is 28.0 Å². The first-order valence-corrected chi connectivity index (χ1v) is 10.5. The van der Waals surface area contributed by atoms with E-state index in [2.05, 4.69) is 37.3 Å². The lowest BCUT2D eigenvalue weighted by Gasteiger charge is -2.18. The topological polar surface area (TPSA) is 87.0 Å². The third kappa shape index (κ3) is 3.75. The highest BCUT2D eigenvalue weighted by Gasteiger charge is 2.26. The minimum Gasteiger partial charge on any atom is -0.436 e. The van der Waals surface area contributed by atoms with E-state index >= 15 is 0 Å². The van der Waals surface area contributed by atoms with Gasteiger partial charge in [-0.2, -0.15) is 5.26 Å². The molecule has 0 radical (unpaired) electrons. The van der Waals surface area contributed by atoms with Crippen LogP contribution in [0.25, 0.3) is 10.2 Å². The molecule has 3 heterocycles. The van der Waals surface area contributed by atoms with E-state index in [0.29, 0.717) is 24.0 Å². The second-order valence-electron chi connectivity index (χ2n) is 6.98. The van der Waals surface area contributed by atoms with Gasteiger partial charge >= 0.3 is 0 Å². The SMILES string of the molecule is N#C[C@H]1CCN(c2nccnc2Oc2ccc(Nc3nc4ccccc4s3)cc2)C1. The zero-order valence-electron chi connectivity index (χ0n) is 16.0. The van der Waals surface area contributed by atoms with Crippen molar-refractivity contribution in [2.45, 2.75) is 6.42 Å². The molecule has 2 aromatic carbocycles. The van der Waals surface area contributed by atoms with Crippen molar-refractivity contribution in [2.75, 3.05) is 23.3 Å². The van der Waals surface area contributed by atoms with Crippen molar-refractivity contribution >= 4 is 38.2 Å². The van der Waals surface area contributed by atoms with Gasteiger partial charge in [-0.25, -0.2) is 15.0 Å². The summed E-state index contributed by atoms with van der Waals surface area (Å²) in [6, 6.07) is 18.1. The molecule has 0 spiro atoms. The molecule has 0 unspecified atom stereocenters. The van der Waals surface area contributed by atoms with Crippen LogP contribution >= 0.6 is 11.3 Å². The Morgan fingerprint density at radius 3 is 2.73 bits per heavy atom. The van der Waals surface area contributed by atoms with Gasteiger partial charge in [0.2, 0.25) is 0 Å². The van der Waals surface area contributed by atoms with Crippen molar-refractivity contribution in [3.05, 3.63) is 60.9 Å². The Labute approximate surface area is 177 Å². The summed E-state index contributed by atoms with van der Waals surface area (Å²) < 4.78 is 7.15. The number of nitrogens with one attached hydrogen (secondary N) is 1. The minimum absolute atomic E-state index is 0.0210. The predicted octanol–water partition coefficient (Wildman–Crippen LogP) is 4.97. The third-order valence-electron chi connectivity index (χ3n) is 4.93. The maximum atomic E-state index is 9.15. The summed E-state index contributed by atoms with van der Waals surface area (Å²) in [4.78, 5) is 15.4. The van der Waals surface area contributed by atoms with Gasteiger partial charge in [-0.15, -0.1) is 0 Å². The molecular formula is C22H18N6OS. The zero-order chi connectivity index (χ0) is 20.3. The van der Waals surface area contributed by atoms with Gasteiger partial charge < -0.3 is 15.0 Å². The normalized spacial score (nSPS) is 15.8. The summed E-state index contributed by atoms with van der Waals surface area (Å²) in [5, 5.41) is 13.3. The summed E-state index contributed by atoms with van der Waals surface area (Å²) >= 11 is 1.62. The van der Waals surface area contributed by atoms with E-state index in [9.17, 15) is 0 Å². The molecule has 148 valence electrons. The fourth-order valence-corrected chi connectivity index (χ4v) is 4.32. The summed E-state index contributed by atoms with van der Waals surface area (Å²) in [6.45, 7) is 1.43. The van der Waals surface area contributed by atoms with Crippen LogP contribution in [-0.2, 0) is 0 Å². The first-order valence-electron chi connectivity index (χ1n) is 9.64. The van der Waals surface area contributed by atoms with Crippen LogP contribution in [0.15, 0.2) is 60.9 Å².